The van der Waals surface area contributed by atoms with Crippen LogP contribution in [0.5, 0.6) is 5.88 Å². The van der Waals surface area contributed by atoms with Gasteiger partial charge in [0, 0.05) is 41.6 Å². The average Bonchev–Trinajstić information content (AvgIpc) is 3.06. The summed E-state index contributed by atoms with van der Waals surface area (Å²) < 4.78 is 11.6. The third kappa shape index (κ3) is 3.68. The van der Waals surface area contributed by atoms with E-state index in [1.165, 1.54) is 12.8 Å². The Morgan fingerprint density at radius 3 is 2.74 bits per heavy atom. The molecule has 2 fully saturated rings. The molecule has 0 aromatic carbocycles. The predicted molar refractivity (Wildman–Crippen MR) is 81.8 cm³/mol. The van der Waals surface area contributed by atoms with Gasteiger partial charge in [-0.1, -0.05) is 11.6 Å². The molecule has 2 aliphatic rings. The van der Waals surface area contributed by atoms with Crippen LogP contribution in [0.3, 0.4) is 0 Å². The van der Waals surface area contributed by atoms with Crippen LogP contribution >= 0.6 is 0 Å². The van der Waals surface area contributed by atoms with Gasteiger partial charge in [0.05, 0.1) is 25.6 Å². The van der Waals surface area contributed by atoms with Gasteiger partial charge in [-0.2, -0.15) is 6.07 Å². The van der Waals surface area contributed by atoms with Crippen molar-refractivity contribution in [3.63, 3.8) is 0 Å². The maximum Gasteiger partial charge on any atom is 0.109 e. The van der Waals surface area contributed by atoms with E-state index in [0.29, 0.717) is 11.9 Å². The molecule has 0 bridgehead atoms. The number of ether oxygens (including phenoxy) is 2. The number of morpholine rings is 1. The minimum Gasteiger partial charge on any atom is -0.531 e. The normalized spacial score (nSPS) is 25.9. The maximum atomic E-state index is 6.12. The second kappa shape index (κ2) is 7.61. The first-order valence-corrected chi connectivity index (χ1v) is 8.08. The van der Waals surface area contributed by atoms with Crippen molar-refractivity contribution in [1.82, 2.24) is 19.9 Å². The van der Waals surface area contributed by atoms with Crippen LogP contribution in [-0.4, -0.2) is 58.3 Å². The Hall–Kier alpha value is -1.15. The molecule has 4 rings (SSSR count). The Balaban J connectivity index is 0.00000156. The maximum absolute atomic E-state index is 6.12. The van der Waals surface area contributed by atoms with Crippen LogP contribution in [-0.2, 0) is 21.5 Å². The van der Waals surface area contributed by atoms with Crippen LogP contribution in [0.2, 0.25) is 0 Å². The summed E-state index contributed by atoms with van der Waals surface area (Å²) in [6.45, 7) is 3.89. The number of H-pyrrole nitrogens is 1. The quantitative estimate of drug-likeness (QED) is 0.846. The molecule has 23 heavy (non-hydrogen) atoms. The molecule has 0 amide bonds. The number of nitrogens with zero attached hydrogens (tertiary/aromatic N) is 3. The van der Waals surface area contributed by atoms with E-state index in [1.807, 2.05) is 0 Å². The number of aromatic nitrogens is 3. The van der Waals surface area contributed by atoms with Gasteiger partial charge in [0.2, 0.25) is 0 Å². The number of aromatic amines is 1. The molecular formula is C16H21CoN4O2-. The van der Waals surface area contributed by atoms with Crippen LogP contribution in [0.1, 0.15) is 25.7 Å². The average molecular weight is 360 g/mol. The van der Waals surface area contributed by atoms with Gasteiger partial charge in [-0.25, -0.2) is 0 Å². The molecule has 1 aliphatic carbocycles. The second-order valence-electron chi connectivity index (χ2n) is 6.03. The van der Waals surface area contributed by atoms with Crippen LogP contribution in [0.25, 0.3) is 11.0 Å². The van der Waals surface area contributed by atoms with Gasteiger partial charge in [-0.15, -0.1) is 0 Å². The van der Waals surface area contributed by atoms with E-state index < -0.39 is 0 Å². The second-order valence-corrected chi connectivity index (χ2v) is 6.03. The molecular weight excluding hydrogens is 339 g/mol. The van der Waals surface area contributed by atoms with Crippen molar-refractivity contribution in [2.45, 2.75) is 37.8 Å². The summed E-state index contributed by atoms with van der Waals surface area (Å²) in [5.74, 6) is 0.654. The molecule has 0 unspecified atom stereocenters. The summed E-state index contributed by atoms with van der Waals surface area (Å²) >= 11 is 0. The Bertz CT molecular complexity index is 621. The first-order valence-electron chi connectivity index (χ1n) is 8.08. The molecule has 1 N–H and O–H groups in total. The van der Waals surface area contributed by atoms with Gasteiger partial charge in [0.15, 0.2) is 0 Å². The summed E-state index contributed by atoms with van der Waals surface area (Å²) in [4.78, 5) is 14.1. The third-order valence-electron chi connectivity index (χ3n) is 4.72. The molecule has 127 valence electrons. The fourth-order valence-electron chi connectivity index (χ4n) is 3.50. The number of nitrogens with one attached hydrogen (secondary N) is 1. The van der Waals surface area contributed by atoms with Gasteiger partial charge in [-0.05, 0) is 25.7 Å². The molecule has 1 saturated carbocycles. The summed E-state index contributed by atoms with van der Waals surface area (Å²) in [6, 6.07) is 3.80. The minimum atomic E-state index is 0. The van der Waals surface area contributed by atoms with Crippen molar-refractivity contribution in [3.05, 3.63) is 18.6 Å². The van der Waals surface area contributed by atoms with Crippen molar-refractivity contribution in [2.75, 3.05) is 26.3 Å². The number of rotatable bonds is 3. The largest absolute Gasteiger partial charge is 0.531 e. The molecule has 1 saturated heterocycles. The van der Waals surface area contributed by atoms with Gasteiger partial charge in [0.25, 0.3) is 0 Å². The fraction of sp³-hybridized carbons (Fsp3) is 0.625. The molecule has 3 heterocycles. The molecule has 1 radical (unpaired) electrons. The van der Waals surface area contributed by atoms with Gasteiger partial charge in [0.1, 0.15) is 5.88 Å². The van der Waals surface area contributed by atoms with Crippen LogP contribution in [0.15, 0.2) is 12.5 Å². The molecule has 6 nitrogen and oxygen atoms in total. The summed E-state index contributed by atoms with van der Waals surface area (Å²) in [5.41, 5.74) is 0.784. The Morgan fingerprint density at radius 1 is 1.17 bits per heavy atom. The zero-order valence-corrected chi connectivity index (χ0v) is 14.0. The van der Waals surface area contributed by atoms with Crippen molar-refractivity contribution >= 4 is 11.0 Å². The number of hydrogen-bond acceptors (Lipinski definition) is 5. The first-order chi connectivity index (χ1) is 10.9. The third-order valence-corrected chi connectivity index (χ3v) is 4.72. The zero-order valence-electron chi connectivity index (χ0n) is 13.0. The number of fused-ring (bicyclic) bond motifs is 1. The smallest absolute Gasteiger partial charge is 0.109 e. The van der Waals surface area contributed by atoms with E-state index in [-0.39, 0.29) is 22.9 Å². The molecule has 7 heteroatoms. The van der Waals surface area contributed by atoms with Crippen LogP contribution in [0.4, 0.5) is 0 Å². The minimum absolute atomic E-state index is 0. The molecule has 0 atom stereocenters. The van der Waals surface area contributed by atoms with Gasteiger partial charge >= 0.3 is 0 Å². The van der Waals surface area contributed by atoms with Gasteiger partial charge < -0.3 is 14.5 Å². The van der Waals surface area contributed by atoms with E-state index in [1.54, 1.807) is 12.5 Å². The first kappa shape index (κ1) is 16.7. The topological polar surface area (TPSA) is 63.3 Å². The monoisotopic (exact) mass is 360 g/mol. The van der Waals surface area contributed by atoms with E-state index in [9.17, 15) is 0 Å². The SMILES string of the molecule is [Co].[c-]1c[nH]c2ncnc(OC3CCC(N4CCOCC4)CC3)c12. The molecule has 1 aliphatic heterocycles. The molecule has 0 spiro atoms. The summed E-state index contributed by atoms with van der Waals surface area (Å²) in [5, 5.41) is 0.845. The van der Waals surface area contributed by atoms with Crippen LogP contribution < -0.4 is 4.74 Å². The Kier molecular flexibility index (Phi) is 5.52. The van der Waals surface area contributed by atoms with E-state index in [0.717, 1.165) is 50.2 Å². The zero-order chi connectivity index (χ0) is 14.8. The summed E-state index contributed by atoms with van der Waals surface area (Å²) in [7, 11) is 0. The van der Waals surface area contributed by atoms with Crippen molar-refractivity contribution < 1.29 is 26.3 Å². The Morgan fingerprint density at radius 2 is 1.96 bits per heavy atom. The predicted octanol–water partition coefficient (Wildman–Crippen LogP) is 1.78. The van der Waals surface area contributed by atoms with E-state index in [2.05, 4.69) is 25.9 Å². The van der Waals surface area contributed by atoms with Crippen molar-refractivity contribution in [2.24, 2.45) is 0 Å². The molecule has 2 aromatic rings. The standard InChI is InChI=1S/C16H21N4O2.Co/c1-3-13(4-2-12(1)20-7-9-21-10-8-20)22-16-14-5-6-17-15(14)18-11-19-16;/h6,11-13H,1-4,7-10H2,(H,17,18,19);/q-1;. The summed E-state index contributed by atoms with van der Waals surface area (Å²) in [6.07, 6.45) is 8.09. The van der Waals surface area contributed by atoms with E-state index in [4.69, 9.17) is 9.47 Å². The van der Waals surface area contributed by atoms with E-state index >= 15 is 0 Å². The molecule has 2 aromatic heterocycles. The van der Waals surface area contributed by atoms with Crippen LogP contribution in [0, 0.1) is 6.07 Å². The van der Waals surface area contributed by atoms with Gasteiger partial charge in [-0.3, -0.25) is 14.9 Å². The number of hydrogen-bond donors (Lipinski definition) is 1. The van der Waals surface area contributed by atoms with Crippen molar-refractivity contribution in [3.8, 4) is 5.88 Å². The Labute approximate surface area is 146 Å². The fourth-order valence-corrected chi connectivity index (χ4v) is 3.50. The van der Waals surface area contributed by atoms with Crippen molar-refractivity contribution in [1.29, 1.82) is 0 Å².